The third-order valence-electron chi connectivity index (χ3n) is 3.71. The van der Waals surface area contributed by atoms with Crippen molar-refractivity contribution < 1.29 is 27.6 Å². The highest BCUT2D eigenvalue weighted by molar-refractivity contribution is 7.09. The lowest BCUT2D eigenvalue weighted by molar-refractivity contribution is -0.192. The van der Waals surface area contributed by atoms with Crippen LogP contribution in [0.25, 0.3) is 0 Å². The molecular weight excluding hydrogens is 359 g/mol. The zero-order valence-electron chi connectivity index (χ0n) is 13.5. The Morgan fingerprint density at radius 1 is 1.52 bits per heavy atom. The summed E-state index contributed by atoms with van der Waals surface area (Å²) >= 11 is 1.73. The van der Waals surface area contributed by atoms with Gasteiger partial charge in [0.05, 0.1) is 5.92 Å². The van der Waals surface area contributed by atoms with Gasteiger partial charge in [-0.15, -0.1) is 11.3 Å². The van der Waals surface area contributed by atoms with Crippen molar-refractivity contribution in [3.63, 3.8) is 0 Å². The summed E-state index contributed by atoms with van der Waals surface area (Å²) in [5.41, 5.74) is 0. The van der Waals surface area contributed by atoms with Crippen molar-refractivity contribution in [2.75, 3.05) is 19.6 Å². The number of likely N-dealkylation sites (tertiary alicyclic amines) is 1. The van der Waals surface area contributed by atoms with Crippen molar-refractivity contribution in [2.24, 2.45) is 0 Å². The van der Waals surface area contributed by atoms with Crippen molar-refractivity contribution in [1.29, 1.82) is 0 Å². The number of rotatable bonds is 4. The highest BCUT2D eigenvalue weighted by atomic mass is 32.1. The van der Waals surface area contributed by atoms with E-state index in [9.17, 15) is 13.2 Å². The molecule has 1 saturated heterocycles. The zero-order chi connectivity index (χ0) is 18.4. The number of alkyl halides is 3. The highest BCUT2D eigenvalue weighted by Gasteiger charge is 2.38. The molecule has 2 aromatic rings. The van der Waals surface area contributed by atoms with Crippen molar-refractivity contribution in [1.82, 2.24) is 15.0 Å². The molecule has 0 amide bonds. The molecular formula is C15H18F3N3O3S. The number of carboxylic acid groups (broad SMARTS) is 1. The van der Waals surface area contributed by atoms with Gasteiger partial charge in [0.25, 0.3) is 0 Å². The fraction of sp³-hybridized carbons (Fsp3) is 0.533. The molecule has 3 heterocycles. The topological polar surface area (TPSA) is 79.5 Å². The summed E-state index contributed by atoms with van der Waals surface area (Å²) in [5.74, 6) is -0.707. The Morgan fingerprint density at radius 2 is 2.24 bits per heavy atom. The van der Waals surface area contributed by atoms with E-state index in [1.165, 1.54) is 4.88 Å². The van der Waals surface area contributed by atoms with E-state index in [1.807, 2.05) is 0 Å². The van der Waals surface area contributed by atoms with Crippen LogP contribution in [0.3, 0.4) is 0 Å². The van der Waals surface area contributed by atoms with Crippen LogP contribution in [0.15, 0.2) is 22.0 Å². The lowest BCUT2D eigenvalue weighted by Crippen LogP contribution is -2.21. The first-order chi connectivity index (χ1) is 11.8. The molecule has 25 heavy (non-hydrogen) atoms. The average Bonchev–Trinajstić information content (AvgIpc) is 3.28. The number of nitrogens with zero attached hydrogens (tertiary/aromatic N) is 3. The van der Waals surface area contributed by atoms with Crippen LogP contribution in [0.1, 0.15) is 35.9 Å². The third kappa shape index (κ3) is 5.82. The Kier molecular flexibility index (Phi) is 6.54. The van der Waals surface area contributed by atoms with Crippen molar-refractivity contribution in [3.05, 3.63) is 34.1 Å². The van der Waals surface area contributed by atoms with E-state index in [4.69, 9.17) is 14.4 Å². The predicted octanol–water partition coefficient (Wildman–Crippen LogP) is 3.16. The average molecular weight is 377 g/mol. The molecule has 0 bridgehead atoms. The van der Waals surface area contributed by atoms with E-state index in [0.29, 0.717) is 5.92 Å². The molecule has 1 N–H and O–H groups in total. The molecule has 6 nitrogen and oxygen atoms in total. The van der Waals surface area contributed by atoms with E-state index in [2.05, 4.69) is 39.5 Å². The van der Waals surface area contributed by atoms with E-state index >= 15 is 0 Å². The Morgan fingerprint density at radius 3 is 2.76 bits per heavy atom. The number of carbonyl (C=O) groups is 1. The quantitative estimate of drug-likeness (QED) is 0.882. The van der Waals surface area contributed by atoms with Crippen LogP contribution in [-0.4, -0.2) is 51.9 Å². The summed E-state index contributed by atoms with van der Waals surface area (Å²) < 4.78 is 37.1. The van der Waals surface area contributed by atoms with Crippen molar-refractivity contribution in [2.45, 2.75) is 31.9 Å². The van der Waals surface area contributed by atoms with Gasteiger partial charge in [0, 0.05) is 17.8 Å². The van der Waals surface area contributed by atoms with E-state index < -0.39 is 12.1 Å². The maximum atomic E-state index is 10.6. The molecule has 1 aliphatic rings. The first-order valence-corrected chi connectivity index (χ1v) is 8.55. The molecule has 138 valence electrons. The Labute approximate surface area is 146 Å². The van der Waals surface area contributed by atoms with Crippen LogP contribution in [0, 0.1) is 0 Å². The van der Waals surface area contributed by atoms with Gasteiger partial charge in [-0.1, -0.05) is 18.1 Å². The number of hydrogen-bond donors (Lipinski definition) is 1. The molecule has 0 saturated carbocycles. The van der Waals surface area contributed by atoms with Gasteiger partial charge in [0.1, 0.15) is 0 Å². The molecule has 10 heteroatoms. The van der Waals surface area contributed by atoms with Crippen LogP contribution < -0.4 is 0 Å². The minimum Gasteiger partial charge on any atom is -0.475 e. The van der Waals surface area contributed by atoms with Gasteiger partial charge < -0.3 is 14.5 Å². The molecule has 0 aromatic carbocycles. The summed E-state index contributed by atoms with van der Waals surface area (Å²) in [6.45, 7) is 5.49. The van der Waals surface area contributed by atoms with Gasteiger partial charge in [0.2, 0.25) is 5.89 Å². The molecule has 3 rings (SSSR count). The largest absolute Gasteiger partial charge is 0.490 e. The minimum absolute atomic E-state index is 0.425. The highest BCUT2D eigenvalue weighted by Crippen LogP contribution is 2.26. The summed E-state index contributed by atoms with van der Waals surface area (Å²) in [6, 6.07) is 4.16. The molecule has 1 atom stereocenters. The van der Waals surface area contributed by atoms with Gasteiger partial charge in [0.15, 0.2) is 5.82 Å². The molecule has 1 fully saturated rings. The summed E-state index contributed by atoms with van der Waals surface area (Å²) in [5, 5.41) is 13.3. The zero-order valence-corrected chi connectivity index (χ0v) is 14.3. The standard InChI is InChI=1S/C13H17N3OS.C2HF3O2/c1-2-16-6-5-10(9-16)13-14-12(15-17-13)8-11-4-3-7-18-11;3-2(4,5)1(6)7/h3-4,7,10H,2,5-6,8-9H2,1H3;(H,6,7). The van der Waals surface area contributed by atoms with Crippen LogP contribution in [0.4, 0.5) is 13.2 Å². The fourth-order valence-electron chi connectivity index (χ4n) is 2.40. The first-order valence-electron chi connectivity index (χ1n) is 7.67. The molecule has 0 spiro atoms. The van der Waals surface area contributed by atoms with Crippen molar-refractivity contribution in [3.8, 4) is 0 Å². The van der Waals surface area contributed by atoms with Crippen LogP contribution in [0.2, 0.25) is 0 Å². The Balaban J connectivity index is 0.000000277. The smallest absolute Gasteiger partial charge is 0.475 e. The lowest BCUT2D eigenvalue weighted by Gasteiger charge is -2.10. The maximum absolute atomic E-state index is 10.6. The maximum Gasteiger partial charge on any atom is 0.490 e. The van der Waals surface area contributed by atoms with Crippen LogP contribution in [-0.2, 0) is 11.2 Å². The number of likely N-dealkylation sites (N-methyl/N-ethyl adjacent to an activating group) is 1. The Hall–Kier alpha value is -1.94. The third-order valence-corrected chi connectivity index (χ3v) is 4.58. The molecule has 1 aliphatic heterocycles. The minimum atomic E-state index is -5.08. The SMILES string of the molecule is CCN1CCC(c2nc(Cc3cccs3)no2)C1.O=C(O)C(F)(F)F. The number of hydrogen-bond acceptors (Lipinski definition) is 6. The molecule has 0 radical (unpaired) electrons. The second-order valence-corrected chi connectivity index (χ2v) is 6.52. The van der Waals surface area contributed by atoms with Crippen molar-refractivity contribution >= 4 is 17.3 Å². The first kappa shape index (κ1) is 19.4. The van der Waals surface area contributed by atoms with Gasteiger partial charge in [-0.25, -0.2) is 4.79 Å². The molecule has 0 aliphatic carbocycles. The van der Waals surface area contributed by atoms with Gasteiger partial charge in [-0.2, -0.15) is 18.2 Å². The number of halogens is 3. The summed E-state index contributed by atoms with van der Waals surface area (Å²) in [4.78, 5) is 17.1. The fourth-order valence-corrected chi connectivity index (χ4v) is 3.10. The van der Waals surface area contributed by atoms with Crippen LogP contribution >= 0.6 is 11.3 Å². The molecule has 2 aromatic heterocycles. The number of carboxylic acids is 1. The van der Waals surface area contributed by atoms with Gasteiger partial charge in [-0.05, 0) is 31.0 Å². The Bertz CT molecular complexity index is 673. The monoisotopic (exact) mass is 377 g/mol. The number of aromatic nitrogens is 2. The summed E-state index contributed by atoms with van der Waals surface area (Å²) in [7, 11) is 0. The van der Waals surface area contributed by atoms with E-state index in [-0.39, 0.29) is 0 Å². The summed E-state index contributed by atoms with van der Waals surface area (Å²) in [6.07, 6.45) is -3.17. The molecule has 1 unspecified atom stereocenters. The normalized spacial score (nSPS) is 18.0. The van der Waals surface area contributed by atoms with E-state index in [0.717, 1.165) is 44.2 Å². The predicted molar refractivity (Wildman–Crippen MR) is 84.6 cm³/mol. The second kappa shape index (κ2) is 8.43. The van der Waals surface area contributed by atoms with Gasteiger partial charge in [-0.3, -0.25) is 0 Å². The lowest BCUT2D eigenvalue weighted by atomic mass is 10.1. The van der Waals surface area contributed by atoms with Gasteiger partial charge >= 0.3 is 12.1 Å². The number of aliphatic carboxylic acids is 1. The second-order valence-electron chi connectivity index (χ2n) is 5.49. The van der Waals surface area contributed by atoms with Crippen LogP contribution in [0.5, 0.6) is 0 Å². The van der Waals surface area contributed by atoms with E-state index in [1.54, 1.807) is 11.3 Å². The number of thiophene rings is 1.